The Balaban J connectivity index is 1.43. The van der Waals surface area contributed by atoms with E-state index >= 15 is 0 Å². The van der Waals surface area contributed by atoms with Gasteiger partial charge in [0, 0.05) is 18.2 Å². The number of carbonyl (C=O) groups is 2. The molecule has 2 aromatic carbocycles. The molecule has 1 aliphatic rings. The minimum Gasteiger partial charge on any atom is -0.463 e. The first-order chi connectivity index (χ1) is 16.1. The van der Waals surface area contributed by atoms with Crippen molar-refractivity contribution in [2.75, 3.05) is 6.54 Å². The molecule has 0 spiro atoms. The summed E-state index contributed by atoms with van der Waals surface area (Å²) in [6, 6.07) is 14.9. The lowest BCUT2D eigenvalue weighted by Gasteiger charge is -2.09. The number of carbonyl (C=O) groups excluding carboxylic acids is 2. The van der Waals surface area contributed by atoms with Crippen LogP contribution in [0.1, 0.15) is 46.3 Å². The van der Waals surface area contributed by atoms with Crippen LogP contribution in [0.4, 0.5) is 0 Å². The summed E-state index contributed by atoms with van der Waals surface area (Å²) in [6.07, 6.45) is 1.94. The monoisotopic (exact) mass is 462 g/mol. The highest BCUT2D eigenvalue weighted by Gasteiger charge is 2.28. The van der Waals surface area contributed by atoms with Gasteiger partial charge in [0.25, 0.3) is 17.0 Å². The number of hydrogen-bond acceptors (Lipinski definition) is 7. The molecule has 1 saturated carbocycles. The number of hydrogen-bond donors (Lipinski definition) is 2. The zero-order chi connectivity index (χ0) is 22.8. The first-order valence-corrected chi connectivity index (χ1v) is 11.6. The van der Waals surface area contributed by atoms with E-state index in [2.05, 4.69) is 25.9 Å². The third kappa shape index (κ3) is 4.56. The Morgan fingerprint density at radius 3 is 2.64 bits per heavy atom. The van der Waals surface area contributed by atoms with E-state index in [4.69, 9.17) is 4.74 Å². The van der Waals surface area contributed by atoms with Crippen LogP contribution in [-0.4, -0.2) is 44.4 Å². The van der Waals surface area contributed by atoms with Crippen molar-refractivity contribution in [1.82, 2.24) is 30.6 Å². The fourth-order valence-electron chi connectivity index (χ4n) is 3.36. The zero-order valence-electron chi connectivity index (χ0n) is 17.9. The Labute approximate surface area is 193 Å². The predicted octanol–water partition coefficient (Wildman–Crippen LogP) is 3.10. The number of fused-ring (bicyclic) bond motifs is 1. The molecule has 33 heavy (non-hydrogen) atoms. The van der Waals surface area contributed by atoms with Crippen molar-refractivity contribution in [3.8, 4) is 10.9 Å². The maximum Gasteiger partial charge on any atom is 0.274 e. The van der Waals surface area contributed by atoms with E-state index in [0.717, 1.165) is 23.1 Å². The van der Waals surface area contributed by atoms with Crippen molar-refractivity contribution in [2.24, 2.45) is 0 Å². The largest absolute Gasteiger partial charge is 0.463 e. The van der Waals surface area contributed by atoms with Crippen molar-refractivity contribution >= 4 is 33.4 Å². The summed E-state index contributed by atoms with van der Waals surface area (Å²) in [4.78, 5) is 29.3. The first-order valence-electron chi connectivity index (χ1n) is 10.7. The number of nitrogens with one attached hydrogen (secondary N) is 2. The molecule has 0 unspecified atom stereocenters. The molecular weight excluding hydrogens is 440 g/mol. The maximum absolute atomic E-state index is 12.8. The predicted molar refractivity (Wildman–Crippen MR) is 124 cm³/mol. The summed E-state index contributed by atoms with van der Waals surface area (Å²) >= 11 is 1.44. The highest BCUT2D eigenvalue weighted by molar-refractivity contribution is 7.20. The Morgan fingerprint density at radius 1 is 1.12 bits per heavy atom. The van der Waals surface area contributed by atoms with Crippen LogP contribution in [0.3, 0.4) is 0 Å². The summed E-state index contributed by atoms with van der Waals surface area (Å²) in [6.45, 7) is 2.49. The van der Waals surface area contributed by atoms with Crippen molar-refractivity contribution in [3.63, 3.8) is 0 Å². The standard InChI is InChI=1S/C23H22N6O3S/c1-2-24-21(30)14-7-11-16(12-8-14)29-18(20(27-28-29)22(31)25-15-9-10-15)13-32-23-26-17-5-3-4-6-19(17)33-23/h3-8,11-12,15H,2,9-10,13H2,1H3,(H,24,30)(H,25,31). The van der Waals surface area contributed by atoms with Crippen LogP contribution in [0.15, 0.2) is 48.5 Å². The minimum atomic E-state index is -0.273. The smallest absolute Gasteiger partial charge is 0.274 e. The quantitative estimate of drug-likeness (QED) is 0.416. The highest BCUT2D eigenvalue weighted by Crippen LogP contribution is 2.28. The molecule has 0 radical (unpaired) electrons. The van der Waals surface area contributed by atoms with E-state index in [1.54, 1.807) is 28.9 Å². The van der Waals surface area contributed by atoms with Gasteiger partial charge in [-0.25, -0.2) is 9.67 Å². The van der Waals surface area contributed by atoms with Gasteiger partial charge in [-0.1, -0.05) is 28.7 Å². The molecule has 1 fully saturated rings. The van der Waals surface area contributed by atoms with Crippen molar-refractivity contribution in [1.29, 1.82) is 0 Å². The zero-order valence-corrected chi connectivity index (χ0v) is 18.8. The number of aromatic nitrogens is 4. The SMILES string of the molecule is CCNC(=O)c1ccc(-n2nnc(C(=O)NC3CC3)c2COc2nc3ccccc3s2)cc1. The van der Waals surface area contributed by atoms with Gasteiger partial charge in [0.2, 0.25) is 0 Å². The van der Waals surface area contributed by atoms with E-state index < -0.39 is 0 Å². The van der Waals surface area contributed by atoms with Crippen molar-refractivity contribution < 1.29 is 14.3 Å². The van der Waals surface area contributed by atoms with E-state index in [9.17, 15) is 9.59 Å². The van der Waals surface area contributed by atoms with Crippen molar-refractivity contribution in [2.45, 2.75) is 32.4 Å². The number of para-hydroxylation sites is 1. The number of nitrogens with zero attached hydrogens (tertiary/aromatic N) is 4. The topological polar surface area (TPSA) is 111 Å². The second kappa shape index (κ2) is 8.99. The highest BCUT2D eigenvalue weighted by atomic mass is 32.1. The summed E-state index contributed by atoms with van der Waals surface area (Å²) in [5.41, 5.74) is 2.80. The number of amides is 2. The first kappa shape index (κ1) is 21.1. The number of benzene rings is 2. The van der Waals surface area contributed by atoms with Gasteiger partial charge in [-0.15, -0.1) is 5.10 Å². The lowest BCUT2D eigenvalue weighted by atomic mass is 10.2. The second-order valence-electron chi connectivity index (χ2n) is 7.69. The summed E-state index contributed by atoms with van der Waals surface area (Å²) < 4.78 is 8.55. The van der Waals surface area contributed by atoms with Gasteiger partial charge in [0.05, 0.1) is 15.9 Å². The average Bonchev–Trinajstić information content (AvgIpc) is 3.38. The lowest BCUT2D eigenvalue weighted by Crippen LogP contribution is -2.27. The maximum atomic E-state index is 12.8. The summed E-state index contributed by atoms with van der Waals surface area (Å²) in [5.74, 6) is -0.419. The number of rotatable bonds is 8. The fraction of sp³-hybridized carbons (Fsp3) is 0.261. The molecule has 10 heteroatoms. The molecule has 0 atom stereocenters. The van der Waals surface area contributed by atoms with Crippen LogP contribution in [0.2, 0.25) is 0 Å². The molecule has 0 aliphatic heterocycles. The van der Waals surface area contributed by atoms with Crippen molar-refractivity contribution in [3.05, 3.63) is 65.5 Å². The Kier molecular flexibility index (Phi) is 5.74. The summed E-state index contributed by atoms with van der Waals surface area (Å²) in [7, 11) is 0. The van der Waals surface area contributed by atoms with E-state index in [0.29, 0.717) is 28.7 Å². The summed E-state index contributed by atoms with van der Waals surface area (Å²) in [5, 5.41) is 14.6. The lowest BCUT2D eigenvalue weighted by molar-refractivity contribution is 0.0939. The normalized spacial score (nSPS) is 13.1. The molecule has 2 N–H and O–H groups in total. The molecule has 5 rings (SSSR count). The molecule has 2 heterocycles. The molecule has 2 amide bonds. The van der Waals surface area contributed by atoms with Gasteiger partial charge in [-0.3, -0.25) is 9.59 Å². The second-order valence-corrected chi connectivity index (χ2v) is 8.68. The Morgan fingerprint density at radius 2 is 1.91 bits per heavy atom. The number of thiazole rings is 1. The van der Waals surface area contributed by atoms with Gasteiger partial charge < -0.3 is 15.4 Å². The van der Waals surface area contributed by atoms with Gasteiger partial charge in [0.1, 0.15) is 12.3 Å². The van der Waals surface area contributed by atoms with Gasteiger partial charge in [-0.05, 0) is 56.2 Å². The minimum absolute atomic E-state index is 0.0678. The molecule has 9 nitrogen and oxygen atoms in total. The van der Waals surface area contributed by atoms with Crippen LogP contribution < -0.4 is 15.4 Å². The van der Waals surface area contributed by atoms with E-state index in [1.165, 1.54) is 11.3 Å². The molecule has 168 valence electrons. The van der Waals surface area contributed by atoms with Gasteiger partial charge in [-0.2, -0.15) is 0 Å². The Bertz CT molecular complexity index is 1280. The molecular formula is C23H22N6O3S. The third-order valence-electron chi connectivity index (χ3n) is 5.21. The van der Waals surface area contributed by atoms with Crippen LogP contribution in [0.25, 0.3) is 15.9 Å². The molecule has 0 bridgehead atoms. The average molecular weight is 463 g/mol. The Hall–Kier alpha value is -3.79. The third-order valence-corrected chi connectivity index (χ3v) is 6.16. The van der Waals surface area contributed by atoms with E-state index in [1.807, 2.05) is 31.2 Å². The molecule has 0 saturated heterocycles. The number of ether oxygens (including phenoxy) is 1. The van der Waals surface area contributed by atoms with Crippen LogP contribution in [0.5, 0.6) is 5.19 Å². The van der Waals surface area contributed by atoms with Crippen LogP contribution >= 0.6 is 11.3 Å². The van der Waals surface area contributed by atoms with Crippen LogP contribution in [0, 0.1) is 0 Å². The fourth-order valence-corrected chi connectivity index (χ4v) is 4.17. The molecule has 1 aliphatic carbocycles. The molecule has 4 aromatic rings. The molecule has 2 aromatic heterocycles. The van der Waals surface area contributed by atoms with Gasteiger partial charge in [0.15, 0.2) is 5.69 Å². The van der Waals surface area contributed by atoms with Gasteiger partial charge >= 0.3 is 0 Å². The van der Waals surface area contributed by atoms with Crippen LogP contribution in [-0.2, 0) is 6.61 Å². The van der Waals surface area contributed by atoms with E-state index in [-0.39, 0.29) is 30.2 Å².